The van der Waals surface area contributed by atoms with Crippen LogP contribution in [-0.4, -0.2) is 115 Å². The number of rotatable bonds is 5. The maximum absolute atomic E-state index is 13.4. The van der Waals surface area contributed by atoms with Gasteiger partial charge in [0.2, 0.25) is 11.8 Å². The van der Waals surface area contributed by atoms with Crippen LogP contribution < -0.4 is 20.7 Å². The number of fused-ring (bicyclic) bond motifs is 18. The first kappa shape index (κ1) is 42.0. The van der Waals surface area contributed by atoms with Crippen molar-refractivity contribution in [3.8, 4) is 5.75 Å². The zero-order chi connectivity index (χ0) is 39.5. The first-order valence-electron chi connectivity index (χ1n) is 19.8. The predicted molar refractivity (Wildman–Crippen MR) is 199 cm³/mol. The van der Waals surface area contributed by atoms with Crippen molar-refractivity contribution in [1.29, 1.82) is 0 Å². The molecule has 2 aromatic rings. The van der Waals surface area contributed by atoms with Gasteiger partial charge in [-0.05, 0) is 82.1 Å². The number of aromatic nitrogens is 3. The summed E-state index contributed by atoms with van der Waals surface area (Å²) in [6.45, 7) is 3.89. The molecule has 6 rings (SSSR count). The van der Waals surface area contributed by atoms with E-state index in [1.807, 2.05) is 13.8 Å². The molecule has 4 bridgehead atoms. The van der Waals surface area contributed by atoms with Gasteiger partial charge in [0.05, 0.1) is 30.6 Å². The van der Waals surface area contributed by atoms with Crippen molar-refractivity contribution in [2.24, 2.45) is 0 Å². The van der Waals surface area contributed by atoms with Crippen molar-refractivity contribution >= 4 is 23.7 Å². The summed E-state index contributed by atoms with van der Waals surface area (Å²) >= 11 is 0. The van der Waals surface area contributed by atoms with Crippen molar-refractivity contribution < 1.29 is 49.1 Å². The van der Waals surface area contributed by atoms with E-state index in [-0.39, 0.29) is 31.2 Å². The van der Waals surface area contributed by atoms with Crippen LogP contribution in [0.2, 0.25) is 0 Å². The molecule has 3 amide bonds. The van der Waals surface area contributed by atoms with Crippen LogP contribution in [0.5, 0.6) is 5.75 Å². The quantitative estimate of drug-likeness (QED) is 0.232. The van der Waals surface area contributed by atoms with E-state index in [4.69, 9.17) is 9.47 Å². The number of amides is 3. The van der Waals surface area contributed by atoms with Gasteiger partial charge in [0.1, 0.15) is 24.5 Å². The topological polar surface area (TPSA) is 234 Å². The third kappa shape index (κ3) is 11.2. The molecule has 3 aliphatic heterocycles. The molecule has 304 valence electrons. The zero-order valence-electron chi connectivity index (χ0n) is 32.0. The molecule has 55 heavy (non-hydrogen) atoms. The summed E-state index contributed by atoms with van der Waals surface area (Å²) < 4.78 is 13.6. The number of ether oxygens (including phenoxy) is 2. The molecule has 1 aromatic heterocycles. The smallest absolute Gasteiger partial charge is 0.336 e. The van der Waals surface area contributed by atoms with E-state index in [9.17, 15) is 39.6 Å². The van der Waals surface area contributed by atoms with Crippen LogP contribution in [0, 0.1) is 13.8 Å². The predicted octanol–water partition coefficient (Wildman–Crippen LogP) is 2.18. The number of aliphatic hydroxyl groups is 3. The van der Waals surface area contributed by atoms with E-state index in [0.29, 0.717) is 56.6 Å². The molecule has 7 N–H and O–H groups in total. The van der Waals surface area contributed by atoms with E-state index in [1.165, 1.54) is 11.1 Å². The molecule has 1 aromatic carbocycles. The van der Waals surface area contributed by atoms with Crippen LogP contribution in [0.4, 0.5) is 0 Å². The fraction of sp³-hybridized carbons (Fsp3) is 0.692. The first-order chi connectivity index (χ1) is 26.4. The van der Waals surface area contributed by atoms with Crippen LogP contribution in [0.15, 0.2) is 18.3 Å². The minimum atomic E-state index is -1.95. The van der Waals surface area contributed by atoms with Gasteiger partial charge in [-0.1, -0.05) is 37.3 Å². The molecule has 1 unspecified atom stereocenters. The minimum absolute atomic E-state index is 0.0258. The van der Waals surface area contributed by atoms with Crippen molar-refractivity contribution in [2.45, 2.75) is 152 Å². The minimum Gasteiger partial charge on any atom is -0.493 e. The molecule has 6 atom stereocenters. The van der Waals surface area contributed by atoms with Gasteiger partial charge < -0.3 is 45.9 Å². The van der Waals surface area contributed by atoms with Gasteiger partial charge in [-0.2, -0.15) is 0 Å². The van der Waals surface area contributed by atoms with E-state index < -0.39 is 60.4 Å². The second-order valence-electron chi connectivity index (χ2n) is 15.4. The number of aryl methyl sites for hydroxylation is 2. The molecule has 1 aliphatic carbocycles. The summed E-state index contributed by atoms with van der Waals surface area (Å²) in [5, 5.41) is 61.3. The van der Waals surface area contributed by atoms with Gasteiger partial charge in [0.15, 0.2) is 5.60 Å². The maximum Gasteiger partial charge on any atom is 0.336 e. The first-order valence-corrected chi connectivity index (χ1v) is 19.8. The van der Waals surface area contributed by atoms with Crippen molar-refractivity contribution in [1.82, 2.24) is 30.9 Å². The molecule has 1 saturated heterocycles. The largest absolute Gasteiger partial charge is 0.493 e. The van der Waals surface area contributed by atoms with Gasteiger partial charge in [-0.15, -0.1) is 5.10 Å². The molecule has 0 spiro atoms. The molecular formula is C39H58N6O10. The third-order valence-electron chi connectivity index (χ3n) is 11.1. The molecule has 4 aliphatic rings. The number of aliphatic carboxylic acids is 1. The SMILES string of the molecule is Cc1cc2cc(C)c1OCCCCNC(=O)CCCCCC[C@]1(C(=O)O)C[C@H](O)[C@@H](NC(=O)Cn3cc(C4CCCCC4)nn3)C(O1)[C@H](O)[C@H](O)CNC2=O. The Morgan fingerprint density at radius 3 is 2.38 bits per heavy atom. The summed E-state index contributed by atoms with van der Waals surface area (Å²) in [6.07, 6.45) is 4.14. The maximum atomic E-state index is 13.4. The number of carboxylic acids is 1. The average Bonchev–Trinajstić information content (AvgIpc) is 3.62. The van der Waals surface area contributed by atoms with Crippen molar-refractivity contribution in [2.75, 3.05) is 19.7 Å². The standard InChI is InChI=1S/C39H58N6O10/c1-24-18-27-19-25(2)35(24)54-17-11-10-16-40-31(48)14-8-3-4-9-15-39(38(52)53)20-29(46)33(36(55-39)34(50)30(47)21-41-37(27)51)42-32(49)23-45-22-28(43-44-45)26-12-6-5-7-13-26/h18-19,22,26,29-30,33-34,36,46-47,50H,3-17,20-21,23H2,1-2H3,(H,40,48)(H,41,51)(H,42,49)(H,52,53)/t29-,30+,33+,34+,36?,39+/m0/s1. The number of carboxylic acid groups (broad SMARTS) is 1. The van der Waals surface area contributed by atoms with Crippen LogP contribution in [0.25, 0.3) is 0 Å². The molecule has 16 heteroatoms. The third-order valence-corrected chi connectivity index (χ3v) is 11.1. The highest BCUT2D eigenvalue weighted by molar-refractivity contribution is 5.95. The Morgan fingerprint density at radius 1 is 0.945 bits per heavy atom. The fourth-order valence-electron chi connectivity index (χ4n) is 8.00. The Bertz CT molecular complexity index is 1610. The highest BCUT2D eigenvalue weighted by Crippen LogP contribution is 2.37. The van der Waals surface area contributed by atoms with Crippen molar-refractivity contribution in [3.05, 3.63) is 40.7 Å². The average molecular weight is 771 g/mol. The van der Waals surface area contributed by atoms with Gasteiger partial charge in [-0.25, -0.2) is 9.48 Å². The van der Waals surface area contributed by atoms with Crippen LogP contribution in [-0.2, 0) is 25.7 Å². The highest BCUT2D eigenvalue weighted by Gasteiger charge is 2.54. The van der Waals surface area contributed by atoms with Gasteiger partial charge in [-0.3, -0.25) is 14.4 Å². The lowest BCUT2D eigenvalue weighted by Crippen LogP contribution is -2.67. The second-order valence-corrected chi connectivity index (χ2v) is 15.4. The Labute approximate surface area is 321 Å². The van der Waals surface area contributed by atoms with Crippen LogP contribution in [0.1, 0.15) is 123 Å². The number of carbonyl (C=O) groups is 4. The number of benzene rings is 1. The molecule has 2 fully saturated rings. The van der Waals surface area contributed by atoms with E-state index >= 15 is 0 Å². The number of aliphatic hydroxyl groups excluding tert-OH is 3. The second kappa shape index (κ2) is 19.6. The number of nitrogens with zero attached hydrogens (tertiary/aromatic N) is 3. The summed E-state index contributed by atoms with van der Waals surface area (Å²) in [6, 6.07) is 1.99. The Morgan fingerprint density at radius 2 is 1.65 bits per heavy atom. The Balaban J connectivity index is 1.34. The summed E-state index contributed by atoms with van der Waals surface area (Å²) in [5.41, 5.74) is 0.623. The van der Waals surface area contributed by atoms with E-state index in [2.05, 4.69) is 26.3 Å². The van der Waals surface area contributed by atoms with E-state index in [1.54, 1.807) is 18.3 Å². The van der Waals surface area contributed by atoms with Crippen molar-refractivity contribution in [3.63, 3.8) is 0 Å². The Hall–Kier alpha value is -4.12. The molecular weight excluding hydrogens is 712 g/mol. The van der Waals surface area contributed by atoms with Crippen LogP contribution in [0.3, 0.4) is 0 Å². The monoisotopic (exact) mass is 770 g/mol. The lowest BCUT2D eigenvalue weighted by Gasteiger charge is -2.47. The number of hydrogen-bond acceptors (Lipinski definition) is 11. The fourth-order valence-corrected chi connectivity index (χ4v) is 8.00. The van der Waals surface area contributed by atoms with Crippen LogP contribution >= 0.6 is 0 Å². The molecule has 16 nitrogen and oxygen atoms in total. The molecule has 0 radical (unpaired) electrons. The summed E-state index contributed by atoms with van der Waals surface area (Å²) in [5.74, 6) is -1.62. The Kier molecular flexibility index (Phi) is 15.0. The number of hydrogen-bond donors (Lipinski definition) is 7. The van der Waals surface area contributed by atoms with Gasteiger partial charge in [0, 0.05) is 43.6 Å². The lowest BCUT2D eigenvalue weighted by molar-refractivity contribution is -0.229. The number of nitrogens with one attached hydrogen (secondary N) is 3. The van der Waals surface area contributed by atoms with Gasteiger partial charge in [0.25, 0.3) is 5.91 Å². The number of carbonyl (C=O) groups excluding carboxylic acids is 3. The zero-order valence-corrected chi connectivity index (χ0v) is 32.0. The lowest BCUT2D eigenvalue weighted by atomic mass is 9.80. The molecule has 1 saturated carbocycles. The normalized spacial score (nSPS) is 28.5. The highest BCUT2D eigenvalue weighted by atomic mass is 16.6. The summed E-state index contributed by atoms with van der Waals surface area (Å²) in [7, 11) is 0. The summed E-state index contributed by atoms with van der Waals surface area (Å²) in [4.78, 5) is 51.8. The van der Waals surface area contributed by atoms with Gasteiger partial charge >= 0.3 is 5.97 Å². The molecule has 4 heterocycles. The van der Waals surface area contributed by atoms with E-state index in [0.717, 1.165) is 55.3 Å².